The van der Waals surface area contributed by atoms with E-state index >= 15 is 0 Å². The Balaban J connectivity index is 0.000000274. The van der Waals surface area contributed by atoms with Gasteiger partial charge in [-0.05, 0) is 115 Å². The highest BCUT2D eigenvalue weighted by Crippen LogP contribution is 2.29. The summed E-state index contributed by atoms with van der Waals surface area (Å²) in [5, 5.41) is 16.0. The third-order valence-electron chi connectivity index (χ3n) is 12.0. The van der Waals surface area contributed by atoms with Gasteiger partial charge < -0.3 is 40.1 Å². The van der Waals surface area contributed by atoms with E-state index in [9.17, 15) is 24.3 Å². The van der Waals surface area contributed by atoms with E-state index in [1.54, 1.807) is 36.4 Å². The molecule has 2 atom stereocenters. The van der Waals surface area contributed by atoms with E-state index in [1.165, 1.54) is 0 Å². The molecule has 4 aromatic carbocycles. The molecule has 2 heterocycles. The van der Waals surface area contributed by atoms with Gasteiger partial charge in [0.25, 0.3) is 11.8 Å². The van der Waals surface area contributed by atoms with Crippen molar-refractivity contribution in [3.8, 4) is 34.0 Å². The Kier molecular flexibility index (Phi) is 21.7. The van der Waals surface area contributed by atoms with Gasteiger partial charge in [-0.25, -0.2) is 9.97 Å². The summed E-state index contributed by atoms with van der Waals surface area (Å²) in [4.78, 5) is 58.3. The molecule has 0 saturated carbocycles. The van der Waals surface area contributed by atoms with Gasteiger partial charge in [0.15, 0.2) is 0 Å². The lowest BCUT2D eigenvalue weighted by Gasteiger charge is -2.19. The van der Waals surface area contributed by atoms with Crippen molar-refractivity contribution in [3.63, 3.8) is 0 Å². The number of ether oxygens (including phenoxy) is 2. The molecule has 0 radical (unpaired) electrons. The number of aromatic nitrogens is 4. The third-order valence-corrected chi connectivity index (χ3v) is 12.6. The number of primary amides is 1. The van der Waals surface area contributed by atoms with Gasteiger partial charge >= 0.3 is 5.97 Å². The molecular weight excluding hydrogens is 978 g/mol. The van der Waals surface area contributed by atoms with Gasteiger partial charge in [-0.2, -0.15) is 0 Å². The fourth-order valence-corrected chi connectivity index (χ4v) is 8.79. The average molecular weight is 1050 g/mol. The summed E-state index contributed by atoms with van der Waals surface area (Å²) in [6.07, 6.45) is 6.03. The number of rotatable bonds is 24. The van der Waals surface area contributed by atoms with E-state index in [0.29, 0.717) is 70.2 Å². The lowest BCUT2D eigenvalue weighted by molar-refractivity contribution is -0.137. The van der Waals surface area contributed by atoms with E-state index in [0.717, 1.165) is 58.4 Å². The lowest BCUT2D eigenvalue weighted by atomic mass is 9.99. The molecule has 396 valence electrons. The molecule has 3 amide bonds. The Labute approximate surface area is 446 Å². The van der Waals surface area contributed by atoms with Crippen LogP contribution in [-0.4, -0.2) is 72.2 Å². The molecule has 0 bridgehead atoms. The molecule has 0 fully saturated rings. The molecule has 0 spiro atoms. The van der Waals surface area contributed by atoms with Gasteiger partial charge in [0.1, 0.15) is 23.1 Å². The van der Waals surface area contributed by atoms with Gasteiger partial charge in [-0.1, -0.05) is 99.4 Å². The second-order valence-corrected chi connectivity index (χ2v) is 20.4. The van der Waals surface area contributed by atoms with Crippen LogP contribution in [0.25, 0.3) is 22.5 Å². The van der Waals surface area contributed by atoms with Crippen molar-refractivity contribution in [2.45, 2.75) is 157 Å². The summed E-state index contributed by atoms with van der Waals surface area (Å²) in [6.45, 7) is 22.1. The van der Waals surface area contributed by atoms with Gasteiger partial charge in [0, 0.05) is 84.5 Å². The highest BCUT2D eigenvalue weighted by atomic mass is 35.5. The summed E-state index contributed by atoms with van der Waals surface area (Å²) >= 11 is 12.6. The Morgan fingerprint density at radius 2 is 0.973 bits per heavy atom. The summed E-state index contributed by atoms with van der Waals surface area (Å²) in [5.74, 6) is 1.97. The number of carbonyl (C=O) groups excluding carboxylic acids is 3. The van der Waals surface area contributed by atoms with E-state index in [2.05, 4.69) is 73.7 Å². The van der Waals surface area contributed by atoms with Gasteiger partial charge in [0.2, 0.25) is 5.91 Å². The molecule has 6 aromatic rings. The Morgan fingerprint density at radius 1 is 0.595 bits per heavy atom. The van der Waals surface area contributed by atoms with Crippen molar-refractivity contribution in [3.05, 3.63) is 141 Å². The number of aryl methyl sites for hydroxylation is 2. The molecule has 0 aliphatic carbocycles. The van der Waals surface area contributed by atoms with Gasteiger partial charge in [-0.15, -0.1) is 0 Å². The highest BCUT2D eigenvalue weighted by Gasteiger charge is 2.21. The molecule has 74 heavy (non-hydrogen) atoms. The van der Waals surface area contributed by atoms with E-state index in [4.69, 9.17) is 48.4 Å². The summed E-state index contributed by atoms with van der Waals surface area (Å²) < 4.78 is 15.6. The second kappa shape index (κ2) is 27.6. The molecular formula is C58H73Cl2N7O7. The summed E-state index contributed by atoms with van der Waals surface area (Å²) in [5.41, 5.74) is 12.2. The SMILES string of the molecule is CCn1cc(-c2ccc(C[C@@H](CCC(=O)O)NC(=O)c3ccc(OC(C)C)c(Cl)c3)cc2)nc1C(C)C.CCn1cc(-c2ccc(C[C@@H](CCC(N)=O)NC(=O)c3ccc(OC(C)C)c(Cl)c3)cc2)nc1C(C)C. The number of benzene rings is 4. The van der Waals surface area contributed by atoms with Crippen LogP contribution < -0.4 is 25.8 Å². The number of imidazole rings is 2. The molecule has 0 unspecified atom stereocenters. The molecule has 0 aliphatic rings. The smallest absolute Gasteiger partial charge is 0.303 e. The minimum Gasteiger partial charge on any atom is -0.489 e. The largest absolute Gasteiger partial charge is 0.489 e. The van der Waals surface area contributed by atoms with Crippen LogP contribution in [0.15, 0.2) is 97.3 Å². The maximum Gasteiger partial charge on any atom is 0.303 e. The van der Waals surface area contributed by atoms with Crippen molar-refractivity contribution in [2.24, 2.45) is 5.73 Å². The molecule has 14 nitrogen and oxygen atoms in total. The first-order valence-electron chi connectivity index (χ1n) is 25.5. The number of nitrogens with one attached hydrogen (secondary N) is 2. The van der Waals surface area contributed by atoms with Crippen molar-refractivity contribution in [1.82, 2.24) is 29.7 Å². The number of carboxylic acids is 1. The number of hydrogen-bond acceptors (Lipinski definition) is 8. The van der Waals surface area contributed by atoms with Crippen LogP contribution in [0.3, 0.4) is 0 Å². The highest BCUT2D eigenvalue weighted by molar-refractivity contribution is 6.32. The van der Waals surface area contributed by atoms with Crippen LogP contribution in [-0.2, 0) is 35.5 Å². The lowest BCUT2D eigenvalue weighted by Crippen LogP contribution is -2.37. The first kappa shape index (κ1) is 58.3. The molecule has 6 rings (SSSR count). The van der Waals surface area contributed by atoms with Crippen LogP contribution in [0.4, 0.5) is 0 Å². The number of carbonyl (C=O) groups is 4. The van der Waals surface area contributed by atoms with Crippen molar-refractivity contribution in [2.75, 3.05) is 0 Å². The van der Waals surface area contributed by atoms with Gasteiger partial charge in [0.05, 0.1) is 33.6 Å². The fourth-order valence-electron chi connectivity index (χ4n) is 8.34. The van der Waals surface area contributed by atoms with Gasteiger partial charge in [-0.3, -0.25) is 19.2 Å². The predicted octanol–water partition coefficient (Wildman–Crippen LogP) is 12.1. The third kappa shape index (κ3) is 17.2. The number of nitrogens with zero attached hydrogens (tertiary/aromatic N) is 4. The Morgan fingerprint density at radius 3 is 1.27 bits per heavy atom. The maximum atomic E-state index is 13.0. The van der Waals surface area contributed by atoms with Crippen LogP contribution in [0.2, 0.25) is 10.0 Å². The number of halogens is 2. The topological polar surface area (TPSA) is 193 Å². The standard InChI is InChI=1S/C29H37ClN4O3.C29H36ClN3O4/c1-6-34-17-25(33-28(34)18(2)3)21-9-7-20(8-10-21)15-23(12-14-27(31)35)32-29(36)22-11-13-26(24(30)16-22)37-19(4)5;1-6-33-17-25(32-28(33)18(2)3)21-9-7-20(8-10-21)15-23(12-14-27(34)35)31-29(36)22-11-13-26(24(30)16-22)37-19(4)5/h7-11,13,16-19,23H,6,12,14-15H2,1-5H3,(H2,31,35)(H,32,36);7-11,13,16-19,23H,6,12,14-15H2,1-5H3,(H,31,36)(H,34,35)/t2*23-/m11/s1. The van der Waals surface area contributed by atoms with Crippen molar-refractivity contribution in [1.29, 1.82) is 0 Å². The summed E-state index contributed by atoms with van der Waals surface area (Å²) in [6, 6.07) is 25.4. The molecule has 5 N–H and O–H groups in total. The van der Waals surface area contributed by atoms with E-state index in [1.807, 2.05) is 76.2 Å². The normalized spacial score (nSPS) is 12.1. The van der Waals surface area contributed by atoms with E-state index < -0.39 is 11.9 Å². The zero-order valence-electron chi connectivity index (χ0n) is 44.4. The van der Waals surface area contributed by atoms with Crippen LogP contribution >= 0.6 is 23.2 Å². The fraction of sp³-hybridized carbons (Fsp3) is 0.414. The van der Waals surface area contributed by atoms with Crippen molar-refractivity contribution < 1.29 is 33.8 Å². The molecule has 2 aromatic heterocycles. The minimum atomic E-state index is -0.903. The Hall–Kier alpha value is -6.64. The first-order valence-corrected chi connectivity index (χ1v) is 26.3. The number of nitrogens with two attached hydrogens (primary N) is 1. The quantitative estimate of drug-likeness (QED) is 0.0456. The van der Waals surface area contributed by atoms with Crippen molar-refractivity contribution >= 4 is 46.9 Å². The maximum absolute atomic E-state index is 13.0. The van der Waals surface area contributed by atoms with Crippen LogP contribution in [0.5, 0.6) is 11.5 Å². The zero-order chi connectivity index (χ0) is 54.2. The average Bonchev–Trinajstić information content (AvgIpc) is 4.00. The van der Waals surface area contributed by atoms with Crippen LogP contribution in [0.1, 0.15) is 150 Å². The Bertz CT molecular complexity index is 2630. The summed E-state index contributed by atoms with van der Waals surface area (Å²) in [7, 11) is 0. The van der Waals surface area contributed by atoms with Crippen LogP contribution in [0, 0.1) is 0 Å². The monoisotopic (exact) mass is 1050 g/mol. The number of carboxylic acid groups (broad SMARTS) is 1. The number of amides is 3. The minimum absolute atomic E-state index is 0.0265. The first-order chi connectivity index (χ1) is 35.1. The predicted molar refractivity (Wildman–Crippen MR) is 294 cm³/mol. The molecule has 0 aliphatic heterocycles. The number of aliphatic carboxylic acids is 1. The van der Waals surface area contributed by atoms with E-state index in [-0.39, 0.29) is 48.9 Å². The zero-order valence-corrected chi connectivity index (χ0v) is 45.9. The number of hydrogen-bond donors (Lipinski definition) is 4. The molecule has 16 heteroatoms. The molecule has 0 saturated heterocycles. The second-order valence-electron chi connectivity index (χ2n) is 19.6.